The summed E-state index contributed by atoms with van der Waals surface area (Å²) in [5, 5.41) is 8.63. The number of hydrogen-bond donors (Lipinski definition) is 1. The minimum atomic E-state index is -0.865. The number of carbonyl (C=O) groups is 1. The Morgan fingerprint density at radius 3 is 3.00 bits per heavy atom. The molecule has 1 N–H and O–H groups in total. The molecule has 0 aromatic heterocycles. The van der Waals surface area contributed by atoms with E-state index in [-0.39, 0.29) is 0 Å². The van der Waals surface area contributed by atoms with Crippen LogP contribution in [0.15, 0.2) is 35.5 Å². The number of aliphatic carboxylic acids is 1. The molecule has 0 heterocycles. The van der Waals surface area contributed by atoms with Crippen molar-refractivity contribution in [2.24, 2.45) is 0 Å². The summed E-state index contributed by atoms with van der Waals surface area (Å²) in [6.07, 6.45) is 7.87. The number of hydrogen-bond acceptors (Lipinski definition) is 1. The highest BCUT2D eigenvalue weighted by atomic mass is 16.4. The van der Waals surface area contributed by atoms with Crippen LogP contribution < -0.4 is 0 Å². The van der Waals surface area contributed by atoms with Gasteiger partial charge in [0, 0.05) is 0 Å². The van der Waals surface area contributed by atoms with Crippen LogP contribution in [0.3, 0.4) is 0 Å². The van der Waals surface area contributed by atoms with Crippen molar-refractivity contribution >= 4 is 5.97 Å². The Morgan fingerprint density at radius 1 is 1.64 bits per heavy atom. The maximum absolute atomic E-state index is 10.5. The van der Waals surface area contributed by atoms with Crippen LogP contribution in [0.5, 0.6) is 0 Å². The van der Waals surface area contributed by atoms with E-state index < -0.39 is 5.97 Å². The maximum Gasteiger partial charge on any atom is 0.335 e. The largest absolute Gasteiger partial charge is 0.478 e. The lowest BCUT2D eigenvalue weighted by Crippen LogP contribution is -1.96. The van der Waals surface area contributed by atoms with Crippen molar-refractivity contribution in [3.63, 3.8) is 0 Å². The second kappa shape index (κ2) is 3.19. The predicted molar refractivity (Wildman–Crippen MR) is 43.2 cm³/mol. The summed E-state index contributed by atoms with van der Waals surface area (Å²) in [5.74, 6) is -0.865. The van der Waals surface area contributed by atoms with Crippen molar-refractivity contribution < 1.29 is 9.90 Å². The molecule has 0 atom stereocenters. The predicted octanol–water partition coefficient (Wildman–Crippen LogP) is 1.90. The van der Waals surface area contributed by atoms with E-state index in [1.54, 1.807) is 18.2 Å². The van der Waals surface area contributed by atoms with Gasteiger partial charge < -0.3 is 5.11 Å². The second-order valence-corrected chi connectivity index (χ2v) is 2.55. The quantitative estimate of drug-likeness (QED) is 0.619. The summed E-state index contributed by atoms with van der Waals surface area (Å²) < 4.78 is 0. The van der Waals surface area contributed by atoms with Crippen molar-refractivity contribution in [3.05, 3.63) is 35.5 Å². The van der Waals surface area contributed by atoms with E-state index >= 15 is 0 Å². The molecule has 0 radical (unpaired) electrons. The van der Waals surface area contributed by atoms with E-state index in [1.807, 2.05) is 13.0 Å². The summed E-state index contributed by atoms with van der Waals surface area (Å²) in [6, 6.07) is 0. The van der Waals surface area contributed by atoms with Gasteiger partial charge in [-0.15, -0.1) is 0 Å². The molecule has 58 valence electrons. The fourth-order valence-electron chi connectivity index (χ4n) is 0.931. The smallest absolute Gasteiger partial charge is 0.335 e. The van der Waals surface area contributed by atoms with Crippen LogP contribution in [0.25, 0.3) is 0 Å². The minimum Gasteiger partial charge on any atom is -0.478 e. The third kappa shape index (κ3) is 2.08. The molecular formula is C9H10O2. The SMILES string of the molecule is CC1=CC(C(=O)O)=CC=CC1. The van der Waals surface area contributed by atoms with Gasteiger partial charge in [-0.25, -0.2) is 4.79 Å². The number of carboxylic acid groups (broad SMARTS) is 1. The first-order chi connectivity index (χ1) is 5.20. The van der Waals surface area contributed by atoms with E-state index in [0.29, 0.717) is 5.57 Å². The van der Waals surface area contributed by atoms with Gasteiger partial charge in [0.25, 0.3) is 0 Å². The van der Waals surface area contributed by atoms with Crippen LogP contribution in [0.2, 0.25) is 0 Å². The van der Waals surface area contributed by atoms with Gasteiger partial charge in [-0.2, -0.15) is 0 Å². The fourth-order valence-corrected chi connectivity index (χ4v) is 0.931. The molecule has 0 saturated carbocycles. The van der Waals surface area contributed by atoms with Gasteiger partial charge in [-0.05, 0) is 25.5 Å². The third-order valence-corrected chi connectivity index (χ3v) is 1.50. The molecule has 0 saturated heterocycles. The molecule has 11 heavy (non-hydrogen) atoms. The minimum absolute atomic E-state index is 0.358. The van der Waals surface area contributed by atoms with E-state index in [0.717, 1.165) is 12.0 Å². The number of allylic oxidation sites excluding steroid dienone is 4. The van der Waals surface area contributed by atoms with Gasteiger partial charge in [0.1, 0.15) is 0 Å². The summed E-state index contributed by atoms with van der Waals surface area (Å²) in [7, 11) is 0. The van der Waals surface area contributed by atoms with Crippen molar-refractivity contribution in [2.45, 2.75) is 13.3 Å². The van der Waals surface area contributed by atoms with Gasteiger partial charge in [0.15, 0.2) is 0 Å². The second-order valence-electron chi connectivity index (χ2n) is 2.55. The first-order valence-corrected chi connectivity index (χ1v) is 3.47. The summed E-state index contributed by atoms with van der Waals surface area (Å²) >= 11 is 0. The molecule has 0 aromatic rings. The van der Waals surface area contributed by atoms with Crippen LogP contribution >= 0.6 is 0 Å². The van der Waals surface area contributed by atoms with E-state index in [4.69, 9.17) is 5.11 Å². The lowest BCUT2D eigenvalue weighted by Gasteiger charge is -1.93. The molecule has 0 bridgehead atoms. The summed E-state index contributed by atoms with van der Waals surface area (Å²) in [4.78, 5) is 10.5. The van der Waals surface area contributed by atoms with Crippen LogP contribution in [0.4, 0.5) is 0 Å². The number of rotatable bonds is 1. The highest BCUT2D eigenvalue weighted by Gasteiger charge is 2.03. The Morgan fingerprint density at radius 2 is 2.36 bits per heavy atom. The van der Waals surface area contributed by atoms with Gasteiger partial charge >= 0.3 is 5.97 Å². The lowest BCUT2D eigenvalue weighted by molar-refractivity contribution is -0.132. The summed E-state index contributed by atoms with van der Waals surface area (Å²) in [6.45, 7) is 1.92. The number of carboxylic acids is 1. The zero-order chi connectivity index (χ0) is 8.27. The first-order valence-electron chi connectivity index (χ1n) is 3.47. The highest BCUT2D eigenvalue weighted by molar-refractivity contribution is 5.90. The Bertz CT molecular complexity index is 257. The molecule has 1 rings (SSSR count). The third-order valence-electron chi connectivity index (χ3n) is 1.50. The standard InChI is InChI=1S/C9H10O2/c1-7-4-2-3-5-8(6-7)9(10)11/h2-3,5-6H,4H2,1H3,(H,10,11). The Kier molecular flexibility index (Phi) is 2.26. The Labute approximate surface area is 65.5 Å². The Hall–Kier alpha value is -1.31. The lowest BCUT2D eigenvalue weighted by atomic mass is 10.1. The molecule has 1 aliphatic rings. The van der Waals surface area contributed by atoms with Gasteiger partial charge in [-0.1, -0.05) is 17.7 Å². The molecule has 2 nitrogen and oxygen atoms in total. The van der Waals surface area contributed by atoms with Crippen LogP contribution in [-0.2, 0) is 4.79 Å². The molecule has 0 unspecified atom stereocenters. The van der Waals surface area contributed by atoms with Crippen molar-refractivity contribution in [1.29, 1.82) is 0 Å². The fraction of sp³-hybridized carbons (Fsp3) is 0.222. The van der Waals surface area contributed by atoms with Crippen LogP contribution in [-0.4, -0.2) is 11.1 Å². The monoisotopic (exact) mass is 150 g/mol. The first kappa shape index (κ1) is 7.79. The van der Waals surface area contributed by atoms with Crippen molar-refractivity contribution in [1.82, 2.24) is 0 Å². The average Bonchev–Trinajstić information content (AvgIpc) is 2.13. The molecule has 0 fully saturated rings. The molecule has 0 aromatic carbocycles. The van der Waals surface area contributed by atoms with Gasteiger partial charge in [-0.3, -0.25) is 0 Å². The zero-order valence-corrected chi connectivity index (χ0v) is 6.37. The molecule has 0 amide bonds. The van der Waals surface area contributed by atoms with E-state index in [9.17, 15) is 4.79 Å². The topological polar surface area (TPSA) is 37.3 Å². The Balaban J connectivity index is 2.93. The van der Waals surface area contributed by atoms with Gasteiger partial charge in [0.2, 0.25) is 0 Å². The van der Waals surface area contributed by atoms with Gasteiger partial charge in [0.05, 0.1) is 5.57 Å². The van der Waals surface area contributed by atoms with Crippen molar-refractivity contribution in [3.8, 4) is 0 Å². The highest BCUT2D eigenvalue weighted by Crippen LogP contribution is 2.11. The van der Waals surface area contributed by atoms with E-state index in [1.165, 1.54) is 0 Å². The molecule has 2 heteroatoms. The maximum atomic E-state index is 10.5. The molecule has 0 spiro atoms. The molecular weight excluding hydrogens is 140 g/mol. The van der Waals surface area contributed by atoms with Crippen LogP contribution in [0, 0.1) is 0 Å². The van der Waals surface area contributed by atoms with E-state index in [2.05, 4.69) is 0 Å². The molecule has 1 aliphatic carbocycles. The summed E-state index contributed by atoms with van der Waals surface area (Å²) in [5.41, 5.74) is 1.43. The normalized spacial score (nSPS) is 16.8. The van der Waals surface area contributed by atoms with Crippen LogP contribution in [0.1, 0.15) is 13.3 Å². The average molecular weight is 150 g/mol. The molecule has 0 aliphatic heterocycles. The zero-order valence-electron chi connectivity index (χ0n) is 6.37. The van der Waals surface area contributed by atoms with Crippen molar-refractivity contribution in [2.75, 3.05) is 0 Å².